The van der Waals surface area contributed by atoms with Crippen LogP contribution in [0.3, 0.4) is 0 Å². The van der Waals surface area contributed by atoms with E-state index in [1.807, 2.05) is 20.8 Å². The second kappa shape index (κ2) is 7.36. The van der Waals surface area contributed by atoms with Gasteiger partial charge in [0.1, 0.15) is 11.6 Å². The van der Waals surface area contributed by atoms with Crippen LogP contribution in [0, 0.1) is 5.92 Å². The Morgan fingerprint density at radius 2 is 1.79 bits per heavy atom. The van der Waals surface area contributed by atoms with Crippen LogP contribution in [0.25, 0.3) is 0 Å². The molecule has 2 amide bonds. The third kappa shape index (κ3) is 6.45. The molecule has 0 unspecified atom stereocenters. The van der Waals surface area contributed by atoms with Crippen LogP contribution in [0.15, 0.2) is 0 Å². The summed E-state index contributed by atoms with van der Waals surface area (Å²) in [6, 6.07) is -0.537. The van der Waals surface area contributed by atoms with Gasteiger partial charge in [0.2, 0.25) is 5.91 Å². The predicted molar refractivity (Wildman–Crippen MR) is 75.9 cm³/mol. The molecule has 0 aromatic carbocycles. The third-order valence-corrected chi connectivity index (χ3v) is 3.00. The average Bonchev–Trinajstić information content (AvgIpc) is 2.30. The average molecular weight is 272 g/mol. The van der Waals surface area contributed by atoms with Crippen molar-refractivity contribution >= 4 is 12.0 Å². The van der Waals surface area contributed by atoms with Gasteiger partial charge in [0, 0.05) is 13.6 Å². The van der Waals surface area contributed by atoms with Crippen LogP contribution in [0.2, 0.25) is 0 Å². The monoisotopic (exact) mass is 272 g/mol. The zero-order valence-corrected chi connectivity index (χ0v) is 13.2. The van der Waals surface area contributed by atoms with Crippen molar-refractivity contribution in [1.29, 1.82) is 0 Å². The van der Waals surface area contributed by atoms with Crippen molar-refractivity contribution in [3.8, 4) is 0 Å². The fourth-order valence-electron chi connectivity index (χ4n) is 1.51. The third-order valence-electron chi connectivity index (χ3n) is 3.00. The Bertz CT molecular complexity index is 310. The van der Waals surface area contributed by atoms with Gasteiger partial charge in [-0.3, -0.25) is 4.79 Å². The number of hydrogen-bond donors (Lipinski definition) is 1. The number of alkyl carbamates (subject to hydrolysis) is 1. The molecule has 0 aromatic heterocycles. The van der Waals surface area contributed by atoms with Crippen molar-refractivity contribution in [2.45, 2.75) is 59.6 Å². The lowest BCUT2D eigenvalue weighted by Gasteiger charge is -2.29. The lowest BCUT2D eigenvalue weighted by molar-refractivity contribution is -0.133. The summed E-state index contributed by atoms with van der Waals surface area (Å²) in [5.41, 5.74) is -0.566. The van der Waals surface area contributed by atoms with Crippen LogP contribution >= 0.6 is 0 Å². The summed E-state index contributed by atoms with van der Waals surface area (Å²) in [6.07, 6.45) is 0.264. The molecular weight excluding hydrogens is 244 g/mol. The highest BCUT2D eigenvalue weighted by molar-refractivity contribution is 5.85. The zero-order chi connectivity index (χ0) is 15.2. The molecule has 0 radical (unpaired) electrons. The number of carbonyl (C=O) groups excluding carboxylic acids is 2. The molecule has 0 aliphatic carbocycles. The molecule has 5 heteroatoms. The molecule has 0 aliphatic rings. The summed E-state index contributed by atoms with van der Waals surface area (Å²) in [6.45, 7) is 11.8. The van der Waals surface area contributed by atoms with Crippen LogP contribution in [0.5, 0.6) is 0 Å². The molecule has 0 rings (SSSR count). The second-order valence-corrected chi connectivity index (χ2v) is 5.86. The van der Waals surface area contributed by atoms with E-state index < -0.39 is 17.7 Å². The highest BCUT2D eigenvalue weighted by Crippen LogP contribution is 2.12. The summed E-state index contributed by atoms with van der Waals surface area (Å²) in [7, 11) is 1.73. The van der Waals surface area contributed by atoms with E-state index in [2.05, 4.69) is 5.32 Å². The number of rotatable bonds is 5. The SMILES string of the molecule is CC[C@H](C)[C@H](NC(=O)OC(C)(C)C)C(=O)N(C)CC. The van der Waals surface area contributed by atoms with Crippen molar-refractivity contribution in [3.05, 3.63) is 0 Å². The van der Waals surface area contributed by atoms with E-state index in [0.29, 0.717) is 6.54 Å². The number of ether oxygens (including phenoxy) is 1. The molecule has 0 saturated heterocycles. The Kier molecular flexibility index (Phi) is 6.87. The van der Waals surface area contributed by atoms with Gasteiger partial charge in [-0.05, 0) is 33.6 Å². The Balaban J connectivity index is 4.79. The van der Waals surface area contributed by atoms with E-state index >= 15 is 0 Å². The van der Waals surface area contributed by atoms with Gasteiger partial charge in [0.25, 0.3) is 0 Å². The van der Waals surface area contributed by atoms with Gasteiger partial charge in [-0.2, -0.15) is 0 Å². The van der Waals surface area contributed by atoms with Crippen LogP contribution in [0.4, 0.5) is 4.79 Å². The Labute approximate surface area is 116 Å². The first-order valence-corrected chi connectivity index (χ1v) is 6.86. The number of amides is 2. The molecule has 19 heavy (non-hydrogen) atoms. The van der Waals surface area contributed by atoms with Crippen molar-refractivity contribution in [1.82, 2.24) is 10.2 Å². The first-order valence-electron chi connectivity index (χ1n) is 6.86. The maximum Gasteiger partial charge on any atom is 0.408 e. The first-order chi connectivity index (χ1) is 8.62. The summed E-state index contributed by atoms with van der Waals surface area (Å²) in [5.74, 6) is -0.0169. The van der Waals surface area contributed by atoms with Crippen LogP contribution in [-0.4, -0.2) is 42.1 Å². The zero-order valence-electron chi connectivity index (χ0n) is 13.2. The Morgan fingerprint density at radius 3 is 2.16 bits per heavy atom. The number of carbonyl (C=O) groups is 2. The van der Waals surface area contributed by atoms with Gasteiger partial charge in [-0.25, -0.2) is 4.79 Å². The maximum absolute atomic E-state index is 12.2. The second-order valence-electron chi connectivity index (χ2n) is 5.86. The molecule has 5 nitrogen and oxygen atoms in total. The number of nitrogens with zero attached hydrogens (tertiary/aromatic N) is 1. The standard InChI is InChI=1S/C14H28N2O3/c1-8-10(3)11(12(17)16(7)9-2)15-13(18)19-14(4,5)6/h10-11H,8-9H2,1-7H3,(H,15,18)/t10-,11-/m0/s1. The topological polar surface area (TPSA) is 58.6 Å². The first kappa shape index (κ1) is 17.7. The Morgan fingerprint density at radius 1 is 1.26 bits per heavy atom. The van der Waals surface area contributed by atoms with Crippen LogP contribution in [0.1, 0.15) is 48.0 Å². The van der Waals surface area contributed by atoms with Crippen LogP contribution in [-0.2, 0) is 9.53 Å². The Hall–Kier alpha value is -1.26. The fourth-order valence-corrected chi connectivity index (χ4v) is 1.51. The normalized spacial score (nSPS) is 14.5. The van der Waals surface area contributed by atoms with Crippen LogP contribution < -0.4 is 5.32 Å². The van der Waals surface area contributed by atoms with E-state index in [-0.39, 0.29) is 11.8 Å². The predicted octanol–water partition coefficient (Wildman–Crippen LogP) is 2.40. The molecular formula is C14H28N2O3. The van der Waals surface area contributed by atoms with Gasteiger partial charge >= 0.3 is 6.09 Å². The van der Waals surface area contributed by atoms with Crippen molar-refractivity contribution in [2.75, 3.05) is 13.6 Å². The maximum atomic E-state index is 12.2. The van der Waals surface area contributed by atoms with Crippen molar-refractivity contribution in [3.63, 3.8) is 0 Å². The summed E-state index contributed by atoms with van der Waals surface area (Å²) >= 11 is 0. The minimum atomic E-state index is -0.566. The van der Waals surface area contributed by atoms with Gasteiger partial charge in [0.05, 0.1) is 0 Å². The number of nitrogens with one attached hydrogen (secondary N) is 1. The molecule has 0 saturated carbocycles. The lowest BCUT2D eigenvalue weighted by Crippen LogP contribution is -2.51. The smallest absolute Gasteiger partial charge is 0.408 e. The van der Waals surface area contributed by atoms with Crippen molar-refractivity contribution in [2.24, 2.45) is 5.92 Å². The molecule has 1 N–H and O–H groups in total. The molecule has 0 spiro atoms. The van der Waals surface area contributed by atoms with E-state index in [4.69, 9.17) is 4.74 Å². The van der Waals surface area contributed by atoms with E-state index in [1.165, 1.54) is 0 Å². The largest absolute Gasteiger partial charge is 0.444 e. The van der Waals surface area contributed by atoms with Gasteiger partial charge in [-0.15, -0.1) is 0 Å². The minimum Gasteiger partial charge on any atom is -0.444 e. The molecule has 2 atom stereocenters. The van der Waals surface area contributed by atoms with E-state index in [0.717, 1.165) is 6.42 Å². The molecule has 0 fully saturated rings. The van der Waals surface area contributed by atoms with Gasteiger partial charge < -0.3 is 15.0 Å². The van der Waals surface area contributed by atoms with Gasteiger partial charge in [0.15, 0.2) is 0 Å². The highest BCUT2D eigenvalue weighted by Gasteiger charge is 2.29. The molecule has 112 valence electrons. The number of hydrogen-bond acceptors (Lipinski definition) is 3. The molecule has 0 aliphatic heterocycles. The number of likely N-dealkylation sites (N-methyl/N-ethyl adjacent to an activating group) is 1. The van der Waals surface area contributed by atoms with Crippen molar-refractivity contribution < 1.29 is 14.3 Å². The molecule has 0 bridgehead atoms. The summed E-state index contributed by atoms with van der Waals surface area (Å²) in [5, 5.41) is 2.69. The fraction of sp³-hybridized carbons (Fsp3) is 0.857. The minimum absolute atomic E-state index is 0.0639. The van der Waals surface area contributed by atoms with E-state index in [1.54, 1.807) is 32.7 Å². The summed E-state index contributed by atoms with van der Waals surface area (Å²) < 4.78 is 5.21. The molecule has 0 heterocycles. The van der Waals surface area contributed by atoms with Gasteiger partial charge in [-0.1, -0.05) is 20.3 Å². The quantitative estimate of drug-likeness (QED) is 0.836. The highest BCUT2D eigenvalue weighted by atomic mass is 16.6. The summed E-state index contributed by atoms with van der Waals surface area (Å²) in [4.78, 5) is 25.6. The molecule has 0 aromatic rings. The lowest BCUT2D eigenvalue weighted by atomic mass is 9.98. The van der Waals surface area contributed by atoms with E-state index in [9.17, 15) is 9.59 Å².